The Morgan fingerprint density at radius 1 is 1.32 bits per heavy atom. The number of benzene rings is 2. The molecule has 2 aromatic rings. The van der Waals surface area contributed by atoms with E-state index in [0.29, 0.717) is 17.1 Å². The predicted octanol–water partition coefficient (Wildman–Crippen LogP) is 4.64. The second-order valence-corrected chi connectivity index (χ2v) is 7.17. The van der Waals surface area contributed by atoms with E-state index in [4.69, 9.17) is 16.3 Å². The van der Waals surface area contributed by atoms with Crippen molar-refractivity contribution in [1.29, 1.82) is 0 Å². The Balaban J connectivity index is 1.79. The molecule has 0 aliphatic carbocycles. The van der Waals surface area contributed by atoms with E-state index in [1.54, 1.807) is 18.2 Å². The normalized spacial score (nSPS) is 16.5. The maximum Gasteiger partial charge on any atom is 0.294 e. The van der Waals surface area contributed by atoms with Crippen LogP contribution < -0.4 is 15.0 Å². The van der Waals surface area contributed by atoms with Crippen molar-refractivity contribution in [2.75, 3.05) is 23.4 Å². The first kappa shape index (κ1) is 19.9. The Bertz CT molecular complexity index is 860. The second kappa shape index (κ2) is 8.93. The highest BCUT2D eigenvalue weighted by atomic mass is 35.5. The van der Waals surface area contributed by atoms with Gasteiger partial charge in [-0.25, -0.2) is 0 Å². The summed E-state index contributed by atoms with van der Waals surface area (Å²) in [6.07, 6.45) is 3.03. The highest BCUT2D eigenvalue weighted by Gasteiger charge is 2.27. The minimum Gasteiger partial charge on any atom is -0.484 e. The van der Waals surface area contributed by atoms with Gasteiger partial charge in [-0.2, -0.15) is 0 Å². The van der Waals surface area contributed by atoms with Crippen molar-refractivity contribution < 1.29 is 14.5 Å². The number of hydrogen-bond acceptors (Lipinski definition) is 5. The average Bonchev–Trinajstić information content (AvgIpc) is 2.69. The van der Waals surface area contributed by atoms with E-state index in [-0.39, 0.29) is 23.4 Å². The first-order chi connectivity index (χ1) is 13.5. The zero-order valence-corrected chi connectivity index (χ0v) is 16.3. The minimum absolute atomic E-state index is 0.0581. The van der Waals surface area contributed by atoms with Gasteiger partial charge in [-0.3, -0.25) is 14.9 Å². The third kappa shape index (κ3) is 4.72. The summed E-state index contributed by atoms with van der Waals surface area (Å²) in [6, 6.07) is 12.0. The van der Waals surface area contributed by atoms with E-state index < -0.39 is 10.8 Å². The van der Waals surface area contributed by atoms with Gasteiger partial charge < -0.3 is 15.0 Å². The largest absolute Gasteiger partial charge is 0.484 e. The molecule has 2 aromatic carbocycles. The summed E-state index contributed by atoms with van der Waals surface area (Å²) in [5, 5.41) is 14.3. The van der Waals surface area contributed by atoms with Crippen LogP contribution in [-0.2, 0) is 4.79 Å². The lowest BCUT2D eigenvalue weighted by Crippen LogP contribution is -2.37. The zero-order valence-electron chi connectivity index (χ0n) is 15.6. The number of nitrogens with one attached hydrogen (secondary N) is 1. The summed E-state index contributed by atoms with van der Waals surface area (Å²) < 4.78 is 5.43. The summed E-state index contributed by atoms with van der Waals surface area (Å²) in [7, 11) is 0. The smallest absolute Gasteiger partial charge is 0.294 e. The lowest BCUT2D eigenvalue weighted by atomic mass is 10.0. The second-order valence-electron chi connectivity index (χ2n) is 6.77. The Hall–Kier alpha value is -2.80. The molecule has 0 saturated carbocycles. The van der Waals surface area contributed by atoms with Crippen molar-refractivity contribution in [1.82, 2.24) is 0 Å². The number of para-hydroxylation sites is 1. The van der Waals surface area contributed by atoms with E-state index in [1.165, 1.54) is 6.07 Å². The fourth-order valence-electron chi connectivity index (χ4n) is 3.33. The maximum absolute atomic E-state index is 12.3. The maximum atomic E-state index is 12.3. The summed E-state index contributed by atoms with van der Waals surface area (Å²) >= 11 is 6.20. The molecular formula is C20H22ClN3O4. The van der Waals surface area contributed by atoms with Crippen molar-refractivity contribution in [2.24, 2.45) is 0 Å². The van der Waals surface area contributed by atoms with Gasteiger partial charge in [0.05, 0.1) is 15.6 Å². The number of nitro benzene ring substituents is 1. The molecule has 1 heterocycles. The number of amides is 1. The standard InChI is InChI=1S/C20H22ClN3O4/c1-14-7-5-6-10-23(14)18-12-17(16(21)11-19(18)24(26)27)22-20(25)13-28-15-8-3-2-4-9-15/h2-4,8-9,11-12,14H,5-7,10,13H2,1H3,(H,22,25)/t14-/m1/s1. The molecule has 7 nitrogen and oxygen atoms in total. The van der Waals surface area contributed by atoms with Crippen LogP contribution in [0.5, 0.6) is 5.75 Å². The third-order valence-electron chi connectivity index (χ3n) is 4.76. The van der Waals surface area contributed by atoms with Crippen LogP contribution >= 0.6 is 11.6 Å². The van der Waals surface area contributed by atoms with Gasteiger partial charge in [-0.1, -0.05) is 29.8 Å². The molecule has 0 unspecified atom stereocenters. The number of nitro groups is 1. The summed E-state index contributed by atoms with van der Waals surface area (Å²) in [4.78, 5) is 25.4. The van der Waals surface area contributed by atoms with Gasteiger partial charge in [0.2, 0.25) is 0 Å². The molecule has 1 N–H and O–H groups in total. The third-order valence-corrected chi connectivity index (χ3v) is 5.07. The SMILES string of the molecule is C[C@@H]1CCCCN1c1cc(NC(=O)COc2ccccc2)c(Cl)cc1[N+](=O)[O-]. The van der Waals surface area contributed by atoms with E-state index in [0.717, 1.165) is 25.8 Å². The molecule has 0 radical (unpaired) electrons. The van der Waals surface area contributed by atoms with Gasteiger partial charge in [-0.05, 0) is 44.4 Å². The van der Waals surface area contributed by atoms with Crippen molar-refractivity contribution >= 4 is 34.6 Å². The van der Waals surface area contributed by atoms with Crippen LogP contribution in [-0.4, -0.2) is 30.0 Å². The molecule has 1 saturated heterocycles. The van der Waals surface area contributed by atoms with Crippen LogP contribution in [0.25, 0.3) is 0 Å². The first-order valence-electron chi connectivity index (χ1n) is 9.18. The zero-order chi connectivity index (χ0) is 20.1. The van der Waals surface area contributed by atoms with Crippen molar-refractivity contribution in [3.63, 3.8) is 0 Å². The molecule has 1 fully saturated rings. The summed E-state index contributed by atoms with van der Waals surface area (Å²) in [5.74, 6) is 0.188. The van der Waals surface area contributed by atoms with Gasteiger partial charge in [0.1, 0.15) is 11.4 Å². The molecule has 8 heteroatoms. The highest BCUT2D eigenvalue weighted by Crippen LogP contribution is 2.39. The van der Waals surface area contributed by atoms with Crippen LogP contribution in [0.1, 0.15) is 26.2 Å². The Morgan fingerprint density at radius 2 is 2.07 bits per heavy atom. The van der Waals surface area contributed by atoms with E-state index in [2.05, 4.69) is 5.32 Å². The molecule has 1 amide bonds. The van der Waals surface area contributed by atoms with Gasteiger partial charge in [0, 0.05) is 18.7 Å². The number of halogens is 1. The summed E-state index contributed by atoms with van der Waals surface area (Å²) in [6.45, 7) is 2.59. The average molecular weight is 404 g/mol. The van der Waals surface area contributed by atoms with Crippen LogP contribution in [0.15, 0.2) is 42.5 Å². The number of rotatable bonds is 6. The van der Waals surface area contributed by atoms with Crippen LogP contribution in [0.3, 0.4) is 0 Å². The number of piperidine rings is 1. The highest BCUT2D eigenvalue weighted by molar-refractivity contribution is 6.34. The van der Waals surface area contributed by atoms with Crippen LogP contribution in [0, 0.1) is 10.1 Å². The summed E-state index contributed by atoms with van der Waals surface area (Å²) in [5.41, 5.74) is 0.750. The Morgan fingerprint density at radius 3 is 2.75 bits per heavy atom. The Kier molecular flexibility index (Phi) is 6.36. The van der Waals surface area contributed by atoms with Gasteiger partial charge in [0.25, 0.3) is 11.6 Å². The number of carbonyl (C=O) groups excluding carboxylic acids is 1. The number of ether oxygens (including phenoxy) is 1. The van der Waals surface area contributed by atoms with Gasteiger partial charge in [-0.15, -0.1) is 0 Å². The first-order valence-corrected chi connectivity index (χ1v) is 9.56. The van der Waals surface area contributed by atoms with Gasteiger partial charge in [0.15, 0.2) is 6.61 Å². The number of anilines is 2. The molecule has 0 aromatic heterocycles. The van der Waals surface area contributed by atoms with E-state index in [1.807, 2.05) is 30.0 Å². The van der Waals surface area contributed by atoms with Crippen molar-refractivity contribution in [2.45, 2.75) is 32.2 Å². The van der Waals surface area contributed by atoms with Crippen molar-refractivity contribution in [3.05, 3.63) is 57.6 Å². The van der Waals surface area contributed by atoms with Crippen LogP contribution in [0.2, 0.25) is 5.02 Å². The van der Waals surface area contributed by atoms with Gasteiger partial charge >= 0.3 is 0 Å². The monoisotopic (exact) mass is 403 g/mol. The molecule has 0 bridgehead atoms. The van der Waals surface area contributed by atoms with E-state index in [9.17, 15) is 14.9 Å². The molecule has 3 rings (SSSR count). The topological polar surface area (TPSA) is 84.7 Å². The van der Waals surface area contributed by atoms with E-state index >= 15 is 0 Å². The number of carbonyl (C=O) groups is 1. The van der Waals surface area contributed by atoms with Crippen molar-refractivity contribution in [3.8, 4) is 5.75 Å². The predicted molar refractivity (Wildman–Crippen MR) is 109 cm³/mol. The molecule has 0 spiro atoms. The molecule has 1 aliphatic rings. The molecule has 1 atom stereocenters. The number of nitrogens with zero attached hydrogens (tertiary/aromatic N) is 2. The number of hydrogen-bond donors (Lipinski definition) is 1. The quantitative estimate of drug-likeness (QED) is 0.560. The lowest BCUT2D eigenvalue weighted by molar-refractivity contribution is -0.384. The molecule has 1 aliphatic heterocycles. The Labute approximate surface area is 168 Å². The fraction of sp³-hybridized carbons (Fsp3) is 0.350. The van der Waals surface area contributed by atoms with Crippen LogP contribution in [0.4, 0.5) is 17.1 Å². The molecule has 28 heavy (non-hydrogen) atoms. The minimum atomic E-state index is -0.438. The fourth-order valence-corrected chi connectivity index (χ4v) is 3.54. The molecule has 148 valence electrons. The lowest BCUT2D eigenvalue weighted by Gasteiger charge is -2.35. The molecular weight excluding hydrogens is 382 g/mol.